The molecule has 3 aromatic rings. The minimum atomic E-state index is -0.317. The number of hydrogen-bond acceptors (Lipinski definition) is 4. The standard InChI is InChI=1S/C21H21N3O3/c1-23(14-16-7-4-3-5-8-16)21(26)15-24-20(25)12-11-19(22-24)17-9-6-10-18(13-17)27-2/h3-13H,14-15H2,1-2H3. The van der Waals surface area contributed by atoms with Gasteiger partial charge in [0.15, 0.2) is 0 Å². The van der Waals surface area contributed by atoms with Crippen LogP contribution in [0.4, 0.5) is 0 Å². The second-order valence-corrected chi connectivity index (χ2v) is 6.18. The lowest BCUT2D eigenvalue weighted by Crippen LogP contribution is -2.34. The molecule has 0 bridgehead atoms. The van der Waals surface area contributed by atoms with Crippen molar-refractivity contribution in [2.24, 2.45) is 0 Å². The predicted octanol–water partition coefficient (Wildman–Crippen LogP) is 2.58. The van der Waals surface area contributed by atoms with Gasteiger partial charge in [0.25, 0.3) is 5.56 Å². The maximum atomic E-state index is 12.5. The average molecular weight is 363 g/mol. The number of rotatable bonds is 6. The van der Waals surface area contributed by atoms with Gasteiger partial charge in [0.05, 0.1) is 12.8 Å². The Hall–Kier alpha value is -3.41. The smallest absolute Gasteiger partial charge is 0.267 e. The fourth-order valence-electron chi connectivity index (χ4n) is 2.69. The van der Waals surface area contributed by atoms with Gasteiger partial charge in [-0.3, -0.25) is 9.59 Å². The summed E-state index contributed by atoms with van der Waals surface area (Å²) in [5, 5.41) is 4.35. The van der Waals surface area contributed by atoms with E-state index in [1.54, 1.807) is 25.1 Å². The molecule has 0 aliphatic carbocycles. The van der Waals surface area contributed by atoms with E-state index in [0.29, 0.717) is 18.0 Å². The minimum Gasteiger partial charge on any atom is -0.497 e. The molecule has 3 rings (SSSR count). The lowest BCUT2D eigenvalue weighted by molar-refractivity contribution is -0.131. The highest BCUT2D eigenvalue weighted by molar-refractivity contribution is 5.75. The zero-order valence-corrected chi connectivity index (χ0v) is 15.3. The van der Waals surface area contributed by atoms with Crippen LogP contribution in [0.3, 0.4) is 0 Å². The Labute approximate surface area is 157 Å². The third kappa shape index (κ3) is 4.61. The van der Waals surface area contributed by atoms with E-state index in [9.17, 15) is 9.59 Å². The van der Waals surface area contributed by atoms with Gasteiger partial charge < -0.3 is 9.64 Å². The van der Waals surface area contributed by atoms with Gasteiger partial charge in [0, 0.05) is 25.2 Å². The van der Waals surface area contributed by atoms with Crippen molar-refractivity contribution in [3.8, 4) is 17.0 Å². The van der Waals surface area contributed by atoms with Crippen molar-refractivity contribution < 1.29 is 9.53 Å². The number of carbonyl (C=O) groups is 1. The molecular formula is C21H21N3O3. The van der Waals surface area contributed by atoms with E-state index < -0.39 is 0 Å². The fourth-order valence-corrected chi connectivity index (χ4v) is 2.69. The summed E-state index contributed by atoms with van der Waals surface area (Å²) in [5.74, 6) is 0.516. The van der Waals surface area contributed by atoms with Crippen LogP contribution in [0.1, 0.15) is 5.56 Å². The summed E-state index contributed by atoms with van der Waals surface area (Å²) in [7, 11) is 3.31. The molecule has 0 saturated heterocycles. The van der Waals surface area contributed by atoms with Crippen LogP contribution in [0.15, 0.2) is 71.5 Å². The van der Waals surface area contributed by atoms with Crippen LogP contribution in [0.2, 0.25) is 0 Å². The van der Waals surface area contributed by atoms with Crippen LogP contribution in [0.5, 0.6) is 5.75 Å². The predicted molar refractivity (Wildman–Crippen MR) is 103 cm³/mol. The molecule has 0 aliphatic heterocycles. The molecule has 1 amide bonds. The fraction of sp³-hybridized carbons (Fsp3) is 0.190. The zero-order chi connectivity index (χ0) is 19.2. The SMILES string of the molecule is COc1cccc(-c2ccc(=O)n(CC(=O)N(C)Cc3ccccc3)n2)c1. The first-order valence-corrected chi connectivity index (χ1v) is 8.57. The molecule has 0 fully saturated rings. The van der Waals surface area contributed by atoms with Crippen LogP contribution < -0.4 is 10.3 Å². The number of nitrogens with zero attached hydrogens (tertiary/aromatic N) is 3. The number of hydrogen-bond donors (Lipinski definition) is 0. The van der Waals surface area contributed by atoms with Crippen LogP contribution in [0, 0.1) is 0 Å². The van der Waals surface area contributed by atoms with Crippen molar-refractivity contribution in [3.63, 3.8) is 0 Å². The van der Waals surface area contributed by atoms with E-state index in [0.717, 1.165) is 11.1 Å². The summed E-state index contributed by atoms with van der Waals surface area (Å²) in [6.45, 7) is 0.365. The van der Waals surface area contributed by atoms with Gasteiger partial charge in [-0.1, -0.05) is 42.5 Å². The normalized spacial score (nSPS) is 10.4. The molecule has 0 radical (unpaired) electrons. The Kier molecular flexibility index (Phi) is 5.66. The topological polar surface area (TPSA) is 64.4 Å². The summed E-state index contributed by atoms with van der Waals surface area (Å²) in [5.41, 5.74) is 2.13. The molecular weight excluding hydrogens is 342 g/mol. The van der Waals surface area contributed by atoms with E-state index in [1.165, 1.54) is 10.7 Å². The lowest BCUT2D eigenvalue weighted by atomic mass is 10.1. The van der Waals surface area contributed by atoms with Crippen LogP contribution in [0.25, 0.3) is 11.3 Å². The Bertz CT molecular complexity index is 983. The Morgan fingerprint density at radius 1 is 1.07 bits per heavy atom. The minimum absolute atomic E-state index is 0.111. The first kappa shape index (κ1) is 18.4. The van der Waals surface area contributed by atoms with Crippen LogP contribution in [-0.2, 0) is 17.9 Å². The van der Waals surface area contributed by atoms with Gasteiger partial charge in [-0.2, -0.15) is 5.10 Å². The van der Waals surface area contributed by atoms with E-state index in [4.69, 9.17) is 4.74 Å². The molecule has 6 nitrogen and oxygen atoms in total. The quantitative estimate of drug-likeness (QED) is 0.675. The Balaban J connectivity index is 1.78. The molecule has 0 saturated carbocycles. The van der Waals surface area contributed by atoms with Crippen molar-refractivity contribution >= 4 is 5.91 Å². The van der Waals surface area contributed by atoms with E-state index >= 15 is 0 Å². The second kappa shape index (κ2) is 8.31. The molecule has 2 aromatic carbocycles. The first-order valence-electron chi connectivity index (χ1n) is 8.57. The molecule has 6 heteroatoms. The summed E-state index contributed by atoms with van der Waals surface area (Å²) >= 11 is 0. The van der Waals surface area contributed by atoms with Gasteiger partial charge in [0.2, 0.25) is 5.91 Å². The number of likely N-dealkylation sites (N-methyl/N-ethyl adjacent to an activating group) is 1. The number of amides is 1. The number of ether oxygens (including phenoxy) is 1. The van der Waals surface area contributed by atoms with E-state index in [-0.39, 0.29) is 18.0 Å². The molecule has 0 N–H and O–H groups in total. The number of methoxy groups -OCH3 is 1. The third-order valence-corrected chi connectivity index (χ3v) is 4.21. The van der Waals surface area contributed by atoms with Crippen molar-refractivity contribution in [2.45, 2.75) is 13.1 Å². The summed E-state index contributed by atoms with van der Waals surface area (Å²) in [4.78, 5) is 26.3. The molecule has 0 atom stereocenters. The third-order valence-electron chi connectivity index (χ3n) is 4.21. The second-order valence-electron chi connectivity index (χ2n) is 6.18. The molecule has 1 heterocycles. The van der Waals surface area contributed by atoms with Gasteiger partial charge in [-0.15, -0.1) is 0 Å². The largest absolute Gasteiger partial charge is 0.497 e. The average Bonchev–Trinajstić information content (AvgIpc) is 2.70. The molecule has 1 aromatic heterocycles. The van der Waals surface area contributed by atoms with Gasteiger partial charge in [-0.25, -0.2) is 4.68 Å². The number of benzene rings is 2. The van der Waals surface area contributed by atoms with Crippen LogP contribution >= 0.6 is 0 Å². The highest BCUT2D eigenvalue weighted by atomic mass is 16.5. The van der Waals surface area contributed by atoms with Crippen molar-refractivity contribution in [3.05, 3.63) is 82.6 Å². The maximum Gasteiger partial charge on any atom is 0.267 e. The Morgan fingerprint density at radius 2 is 1.85 bits per heavy atom. The monoisotopic (exact) mass is 363 g/mol. The maximum absolute atomic E-state index is 12.5. The highest BCUT2D eigenvalue weighted by Crippen LogP contribution is 2.21. The summed E-state index contributed by atoms with van der Waals surface area (Å²) in [6, 6.07) is 20.2. The molecule has 27 heavy (non-hydrogen) atoms. The zero-order valence-electron chi connectivity index (χ0n) is 15.3. The highest BCUT2D eigenvalue weighted by Gasteiger charge is 2.13. The van der Waals surface area contributed by atoms with Crippen LogP contribution in [-0.4, -0.2) is 34.7 Å². The van der Waals surface area contributed by atoms with Crippen molar-refractivity contribution in [2.75, 3.05) is 14.2 Å². The summed E-state index contributed by atoms with van der Waals surface area (Å²) in [6.07, 6.45) is 0. The lowest BCUT2D eigenvalue weighted by Gasteiger charge is -2.17. The van der Waals surface area contributed by atoms with E-state index in [1.807, 2.05) is 54.6 Å². The van der Waals surface area contributed by atoms with Crippen molar-refractivity contribution in [1.29, 1.82) is 0 Å². The summed E-state index contributed by atoms with van der Waals surface area (Å²) < 4.78 is 6.42. The Morgan fingerprint density at radius 3 is 2.59 bits per heavy atom. The van der Waals surface area contributed by atoms with Gasteiger partial charge >= 0.3 is 0 Å². The first-order chi connectivity index (χ1) is 13.1. The van der Waals surface area contributed by atoms with Crippen molar-refractivity contribution in [1.82, 2.24) is 14.7 Å². The van der Waals surface area contributed by atoms with E-state index in [2.05, 4.69) is 5.10 Å². The van der Waals surface area contributed by atoms with Gasteiger partial charge in [-0.05, 0) is 23.8 Å². The van der Waals surface area contributed by atoms with Gasteiger partial charge in [0.1, 0.15) is 12.3 Å². The molecule has 0 spiro atoms. The molecule has 138 valence electrons. The number of aromatic nitrogens is 2. The molecule has 0 aliphatic rings. The number of carbonyl (C=O) groups excluding carboxylic acids is 1. The molecule has 0 unspecified atom stereocenters.